The van der Waals surface area contributed by atoms with Crippen LogP contribution < -0.4 is 14.4 Å². The van der Waals surface area contributed by atoms with E-state index in [9.17, 15) is 28.1 Å². The fourth-order valence-electron chi connectivity index (χ4n) is 4.39. The van der Waals surface area contributed by atoms with Gasteiger partial charge in [-0.3, -0.25) is 24.0 Å². The molecule has 0 bridgehead atoms. The van der Waals surface area contributed by atoms with Crippen molar-refractivity contribution in [3.05, 3.63) is 99.1 Å². The molecule has 0 saturated heterocycles. The lowest BCUT2D eigenvalue weighted by molar-refractivity contribution is -0.384. The van der Waals surface area contributed by atoms with Crippen LogP contribution in [0.25, 0.3) is 0 Å². The van der Waals surface area contributed by atoms with E-state index < -0.39 is 39.3 Å². The normalized spacial score (nSPS) is 12.6. The van der Waals surface area contributed by atoms with E-state index in [1.807, 2.05) is 44.2 Å². The summed E-state index contributed by atoms with van der Waals surface area (Å²) in [5.74, 6) is -1.13. The Kier molecular flexibility index (Phi) is 11.5. The second-order valence-electron chi connectivity index (χ2n) is 10.0. The van der Waals surface area contributed by atoms with Crippen LogP contribution >= 0.6 is 11.6 Å². The van der Waals surface area contributed by atoms with Crippen molar-refractivity contribution < 1.29 is 27.7 Å². The van der Waals surface area contributed by atoms with Gasteiger partial charge in [-0.25, -0.2) is 8.42 Å². The van der Waals surface area contributed by atoms with Crippen LogP contribution in [0.3, 0.4) is 0 Å². The van der Waals surface area contributed by atoms with Gasteiger partial charge >= 0.3 is 0 Å². The Labute approximate surface area is 256 Å². The first-order chi connectivity index (χ1) is 20.3. The zero-order chi connectivity index (χ0) is 31.7. The molecule has 3 rings (SSSR count). The van der Waals surface area contributed by atoms with Crippen LogP contribution in [0.15, 0.2) is 72.8 Å². The molecule has 0 aliphatic heterocycles. The SMILES string of the molecule is CC[C@H](C)NC(=O)[C@@H](Cc1ccccc1)N(Cc1ccccc1Cl)C(=O)CN(c1cc([N+](=O)[O-])ccc1OC)S(C)(=O)=O. The summed E-state index contributed by atoms with van der Waals surface area (Å²) in [5, 5.41) is 14.8. The number of rotatable bonds is 14. The number of nitrogens with one attached hydrogen (secondary N) is 1. The number of nitro groups is 1. The van der Waals surface area contributed by atoms with Gasteiger partial charge in [0.05, 0.1) is 18.3 Å². The number of carbonyl (C=O) groups is 2. The molecule has 0 aliphatic carbocycles. The number of hydrogen-bond donors (Lipinski definition) is 1. The Morgan fingerprint density at radius 2 is 1.72 bits per heavy atom. The first kappa shape index (κ1) is 33.3. The van der Waals surface area contributed by atoms with E-state index in [0.29, 0.717) is 17.0 Å². The number of amides is 2. The zero-order valence-electron chi connectivity index (χ0n) is 24.4. The van der Waals surface area contributed by atoms with Gasteiger partial charge in [0.15, 0.2) is 0 Å². The van der Waals surface area contributed by atoms with Crippen LogP contribution in [0.1, 0.15) is 31.4 Å². The molecular weight excluding hydrogens is 596 g/mol. The number of benzene rings is 3. The molecule has 0 heterocycles. The van der Waals surface area contributed by atoms with Gasteiger partial charge in [0.25, 0.3) is 5.69 Å². The molecule has 0 spiro atoms. The van der Waals surface area contributed by atoms with E-state index in [2.05, 4.69) is 5.32 Å². The van der Waals surface area contributed by atoms with E-state index in [0.717, 1.165) is 22.2 Å². The van der Waals surface area contributed by atoms with Crippen LogP contribution in [-0.2, 0) is 32.6 Å². The van der Waals surface area contributed by atoms with Crippen molar-refractivity contribution in [1.29, 1.82) is 0 Å². The predicted molar refractivity (Wildman–Crippen MR) is 166 cm³/mol. The highest BCUT2D eigenvalue weighted by molar-refractivity contribution is 7.92. The van der Waals surface area contributed by atoms with Crippen LogP contribution in [-0.4, -0.2) is 62.0 Å². The van der Waals surface area contributed by atoms with Gasteiger partial charge in [-0.05, 0) is 36.6 Å². The lowest BCUT2D eigenvalue weighted by Crippen LogP contribution is -2.54. The summed E-state index contributed by atoms with van der Waals surface area (Å²) < 4.78 is 32.2. The number of nitro benzene ring substituents is 1. The van der Waals surface area contributed by atoms with Gasteiger partial charge in [0, 0.05) is 36.2 Å². The average molecular weight is 631 g/mol. The van der Waals surface area contributed by atoms with Crippen molar-refractivity contribution in [3.8, 4) is 5.75 Å². The third-order valence-electron chi connectivity index (χ3n) is 6.89. The number of methoxy groups -OCH3 is 1. The molecule has 13 heteroatoms. The summed E-state index contributed by atoms with van der Waals surface area (Å²) in [6.07, 6.45) is 1.67. The van der Waals surface area contributed by atoms with Crippen molar-refractivity contribution >= 4 is 44.8 Å². The van der Waals surface area contributed by atoms with Crippen molar-refractivity contribution in [3.63, 3.8) is 0 Å². The third kappa shape index (κ3) is 8.91. The molecular formula is C30H35ClN4O7S. The summed E-state index contributed by atoms with van der Waals surface area (Å²) in [4.78, 5) is 40.1. The summed E-state index contributed by atoms with van der Waals surface area (Å²) in [6, 6.07) is 18.2. The number of sulfonamides is 1. The highest BCUT2D eigenvalue weighted by Gasteiger charge is 2.34. The number of non-ortho nitro benzene ring substituents is 1. The van der Waals surface area contributed by atoms with Crippen LogP contribution in [0, 0.1) is 10.1 Å². The highest BCUT2D eigenvalue weighted by atomic mass is 35.5. The van der Waals surface area contributed by atoms with Crippen molar-refractivity contribution in [1.82, 2.24) is 10.2 Å². The highest BCUT2D eigenvalue weighted by Crippen LogP contribution is 2.34. The standard InChI is InChI=1S/C30H35ClN4O7S/c1-5-21(2)32-30(37)27(17-22-11-7-6-8-12-22)33(19-23-13-9-10-14-25(23)31)29(36)20-34(43(4,40)41)26-18-24(35(38)39)15-16-28(26)42-3/h6-16,18,21,27H,5,17,19-20H2,1-4H3,(H,32,37)/t21-,27+/m0/s1. The van der Waals surface area contributed by atoms with Crippen molar-refractivity contribution in [2.45, 2.75) is 45.3 Å². The summed E-state index contributed by atoms with van der Waals surface area (Å²) in [6.45, 7) is 2.90. The maximum Gasteiger partial charge on any atom is 0.271 e. The Morgan fingerprint density at radius 3 is 2.30 bits per heavy atom. The lowest BCUT2D eigenvalue weighted by atomic mass is 10.0. The number of halogens is 1. The molecule has 0 aliphatic rings. The fraction of sp³-hybridized carbons (Fsp3) is 0.333. The third-order valence-corrected chi connectivity index (χ3v) is 8.39. The Hall–Kier alpha value is -4.16. The van der Waals surface area contributed by atoms with E-state index in [1.165, 1.54) is 24.1 Å². The van der Waals surface area contributed by atoms with Gasteiger partial charge in [-0.2, -0.15) is 0 Å². The molecule has 0 unspecified atom stereocenters. The summed E-state index contributed by atoms with van der Waals surface area (Å²) in [5.41, 5.74) is 0.753. The number of hydrogen-bond acceptors (Lipinski definition) is 7. The second-order valence-corrected chi connectivity index (χ2v) is 12.3. The minimum absolute atomic E-state index is 0.0110. The second kappa shape index (κ2) is 14.8. The molecule has 43 heavy (non-hydrogen) atoms. The molecule has 0 saturated carbocycles. The number of ether oxygens (including phenoxy) is 1. The van der Waals surface area contributed by atoms with E-state index in [-0.39, 0.29) is 36.1 Å². The molecule has 11 nitrogen and oxygen atoms in total. The van der Waals surface area contributed by atoms with Crippen molar-refractivity contribution in [2.75, 3.05) is 24.2 Å². The van der Waals surface area contributed by atoms with Gasteiger partial charge in [-0.1, -0.05) is 67.1 Å². The number of nitrogens with zero attached hydrogens (tertiary/aromatic N) is 3. The molecule has 0 aromatic heterocycles. The molecule has 2 amide bonds. The Balaban J connectivity index is 2.14. The monoisotopic (exact) mass is 630 g/mol. The van der Waals surface area contributed by atoms with E-state index >= 15 is 0 Å². The first-order valence-electron chi connectivity index (χ1n) is 13.5. The molecule has 0 fully saturated rings. The maximum atomic E-state index is 14.2. The zero-order valence-corrected chi connectivity index (χ0v) is 26.0. The van der Waals surface area contributed by atoms with Gasteiger partial charge in [0.1, 0.15) is 24.0 Å². The quantitative estimate of drug-likeness (QED) is 0.203. The predicted octanol–water partition coefficient (Wildman–Crippen LogP) is 4.58. The topological polar surface area (TPSA) is 139 Å². The molecule has 3 aromatic rings. The smallest absolute Gasteiger partial charge is 0.271 e. The van der Waals surface area contributed by atoms with Crippen LogP contribution in [0.2, 0.25) is 5.02 Å². The number of anilines is 1. The van der Waals surface area contributed by atoms with E-state index in [4.69, 9.17) is 16.3 Å². The largest absolute Gasteiger partial charge is 0.495 e. The molecule has 230 valence electrons. The Bertz CT molecular complexity index is 1550. The lowest BCUT2D eigenvalue weighted by Gasteiger charge is -2.34. The average Bonchev–Trinajstić information content (AvgIpc) is 2.97. The minimum atomic E-state index is -4.17. The molecule has 3 aromatic carbocycles. The van der Waals surface area contributed by atoms with E-state index in [1.54, 1.807) is 24.3 Å². The summed E-state index contributed by atoms with van der Waals surface area (Å²) >= 11 is 6.46. The van der Waals surface area contributed by atoms with Gasteiger partial charge < -0.3 is 15.0 Å². The molecule has 1 N–H and O–H groups in total. The van der Waals surface area contributed by atoms with Gasteiger partial charge in [0.2, 0.25) is 21.8 Å². The van der Waals surface area contributed by atoms with Gasteiger partial charge in [-0.15, -0.1) is 0 Å². The number of carbonyl (C=O) groups excluding carboxylic acids is 2. The maximum absolute atomic E-state index is 14.2. The molecule has 2 atom stereocenters. The molecule has 0 radical (unpaired) electrons. The fourth-order valence-corrected chi connectivity index (χ4v) is 5.43. The van der Waals surface area contributed by atoms with Crippen LogP contribution in [0.5, 0.6) is 5.75 Å². The summed E-state index contributed by atoms with van der Waals surface area (Å²) in [7, 11) is -2.89. The first-order valence-corrected chi connectivity index (χ1v) is 15.8. The van der Waals surface area contributed by atoms with Crippen LogP contribution in [0.4, 0.5) is 11.4 Å². The van der Waals surface area contributed by atoms with Crippen molar-refractivity contribution in [2.24, 2.45) is 0 Å². The minimum Gasteiger partial charge on any atom is -0.495 e. The Morgan fingerprint density at radius 1 is 1.07 bits per heavy atom.